The molecule has 8 heteroatoms. The Labute approximate surface area is 196 Å². The fraction of sp³-hybridized carbons (Fsp3) is 0.640. The van der Waals surface area contributed by atoms with Crippen LogP contribution in [0.4, 0.5) is 4.79 Å². The van der Waals surface area contributed by atoms with Crippen molar-refractivity contribution in [3.05, 3.63) is 35.9 Å². The molecule has 1 fully saturated rings. The smallest absolute Gasteiger partial charge is 0.410 e. The molecule has 0 spiro atoms. The average Bonchev–Trinajstić information content (AvgIpc) is 3.23. The van der Waals surface area contributed by atoms with Crippen molar-refractivity contribution in [1.29, 1.82) is 0 Å². The number of carbonyl (C=O) groups is 3. The quantitative estimate of drug-likeness (QED) is 0.575. The molecule has 0 aliphatic carbocycles. The first-order valence-corrected chi connectivity index (χ1v) is 11.5. The molecule has 0 radical (unpaired) electrons. The zero-order valence-corrected chi connectivity index (χ0v) is 20.6. The van der Waals surface area contributed by atoms with E-state index in [1.165, 1.54) is 14.2 Å². The summed E-state index contributed by atoms with van der Waals surface area (Å²) in [5.41, 5.74) is 0.331. The van der Waals surface area contributed by atoms with Crippen LogP contribution in [0.3, 0.4) is 0 Å². The average molecular weight is 463 g/mol. The third-order valence-corrected chi connectivity index (χ3v) is 5.76. The highest BCUT2D eigenvalue weighted by atomic mass is 16.6. The van der Waals surface area contributed by atoms with Crippen LogP contribution in [0.1, 0.15) is 46.1 Å². The molecule has 2 amide bonds. The fourth-order valence-corrected chi connectivity index (χ4v) is 4.17. The van der Waals surface area contributed by atoms with Gasteiger partial charge in [-0.05, 0) is 45.6 Å². The second-order valence-corrected chi connectivity index (χ2v) is 9.52. The van der Waals surface area contributed by atoms with Crippen LogP contribution >= 0.6 is 0 Å². The van der Waals surface area contributed by atoms with Gasteiger partial charge in [0.15, 0.2) is 5.78 Å². The summed E-state index contributed by atoms with van der Waals surface area (Å²) >= 11 is 0. The zero-order chi connectivity index (χ0) is 24.6. The molecule has 4 atom stereocenters. The third kappa shape index (κ3) is 7.82. The Balaban J connectivity index is 2.13. The SMILES string of the molecule is COCC(=O)[C@H](Cc1ccccc1)NC(=O)[C@H](C)[C@@H](OC)[C@@H]1CCCN1C(=O)OC(C)(C)C. The van der Waals surface area contributed by atoms with Crippen molar-refractivity contribution in [3.63, 3.8) is 0 Å². The van der Waals surface area contributed by atoms with Crippen molar-refractivity contribution in [2.24, 2.45) is 5.92 Å². The molecule has 184 valence electrons. The van der Waals surface area contributed by atoms with Crippen LogP contribution in [0.2, 0.25) is 0 Å². The Morgan fingerprint density at radius 2 is 1.82 bits per heavy atom. The highest BCUT2D eigenvalue weighted by Gasteiger charge is 2.41. The Kier molecular flexibility index (Phi) is 9.86. The van der Waals surface area contributed by atoms with Crippen molar-refractivity contribution in [2.75, 3.05) is 27.4 Å². The number of rotatable bonds is 10. The molecular weight excluding hydrogens is 424 g/mol. The number of benzene rings is 1. The minimum atomic E-state index is -0.717. The van der Waals surface area contributed by atoms with E-state index in [1.807, 2.05) is 51.1 Å². The summed E-state index contributed by atoms with van der Waals surface area (Å²) in [7, 11) is 2.99. The second-order valence-electron chi connectivity index (χ2n) is 9.52. The topological polar surface area (TPSA) is 94.2 Å². The molecule has 1 aliphatic heterocycles. The van der Waals surface area contributed by atoms with Gasteiger partial charge in [0.1, 0.15) is 12.2 Å². The summed E-state index contributed by atoms with van der Waals surface area (Å²) in [4.78, 5) is 40.2. The van der Waals surface area contributed by atoms with Crippen molar-refractivity contribution in [1.82, 2.24) is 10.2 Å². The van der Waals surface area contributed by atoms with Crippen molar-refractivity contribution < 1.29 is 28.6 Å². The second kappa shape index (κ2) is 12.1. The molecule has 0 bridgehead atoms. The number of carbonyl (C=O) groups excluding carboxylic acids is 3. The Morgan fingerprint density at radius 3 is 2.39 bits per heavy atom. The Hall–Kier alpha value is -2.45. The van der Waals surface area contributed by atoms with Crippen LogP contribution in [-0.2, 0) is 30.2 Å². The summed E-state index contributed by atoms with van der Waals surface area (Å²) < 4.78 is 16.3. The van der Waals surface area contributed by atoms with E-state index in [4.69, 9.17) is 14.2 Å². The van der Waals surface area contributed by atoms with Gasteiger partial charge in [-0.15, -0.1) is 0 Å². The van der Waals surface area contributed by atoms with E-state index in [2.05, 4.69) is 5.32 Å². The number of hydrogen-bond acceptors (Lipinski definition) is 6. The number of nitrogens with one attached hydrogen (secondary N) is 1. The predicted molar refractivity (Wildman–Crippen MR) is 125 cm³/mol. The largest absolute Gasteiger partial charge is 0.444 e. The summed E-state index contributed by atoms with van der Waals surface area (Å²) in [5, 5.41) is 2.89. The van der Waals surface area contributed by atoms with Crippen LogP contribution in [0, 0.1) is 5.92 Å². The molecule has 0 aromatic heterocycles. The molecule has 2 rings (SSSR count). The van der Waals surface area contributed by atoms with Crippen LogP contribution in [-0.4, -0.2) is 73.8 Å². The van der Waals surface area contributed by atoms with Gasteiger partial charge in [-0.25, -0.2) is 4.79 Å². The molecule has 1 aliphatic rings. The molecule has 1 N–H and O–H groups in total. The van der Waals surface area contributed by atoms with Gasteiger partial charge in [-0.1, -0.05) is 37.3 Å². The van der Waals surface area contributed by atoms with Gasteiger partial charge in [0.05, 0.1) is 24.1 Å². The van der Waals surface area contributed by atoms with Crippen molar-refractivity contribution >= 4 is 17.8 Å². The minimum absolute atomic E-state index is 0.0884. The number of amides is 2. The Morgan fingerprint density at radius 1 is 1.15 bits per heavy atom. The van der Waals surface area contributed by atoms with Gasteiger partial charge in [0.2, 0.25) is 5.91 Å². The van der Waals surface area contributed by atoms with Crippen LogP contribution in [0.25, 0.3) is 0 Å². The van der Waals surface area contributed by atoms with E-state index in [1.54, 1.807) is 11.8 Å². The molecule has 1 aromatic rings. The highest BCUT2D eigenvalue weighted by Crippen LogP contribution is 2.28. The van der Waals surface area contributed by atoms with Crippen LogP contribution in [0.15, 0.2) is 30.3 Å². The minimum Gasteiger partial charge on any atom is -0.444 e. The lowest BCUT2D eigenvalue weighted by Crippen LogP contribution is -2.53. The van der Waals surface area contributed by atoms with E-state index in [0.29, 0.717) is 19.4 Å². The highest BCUT2D eigenvalue weighted by molar-refractivity contribution is 5.91. The first-order chi connectivity index (χ1) is 15.6. The molecule has 1 aromatic carbocycles. The van der Waals surface area contributed by atoms with Crippen LogP contribution in [0.5, 0.6) is 0 Å². The van der Waals surface area contributed by atoms with Gasteiger partial charge < -0.3 is 24.4 Å². The molecular formula is C25H38N2O6. The normalized spacial score (nSPS) is 19.0. The number of hydrogen-bond donors (Lipinski definition) is 1. The number of Topliss-reactive ketones (excluding diaryl/α,β-unsaturated/α-hetero) is 1. The van der Waals surface area contributed by atoms with E-state index in [-0.39, 0.29) is 24.3 Å². The zero-order valence-electron chi connectivity index (χ0n) is 20.6. The standard InChI is InChI=1S/C25H38N2O6/c1-17(22(32-6)20-13-10-14-27(20)24(30)33-25(2,3)4)23(29)26-19(21(28)16-31-5)15-18-11-8-7-9-12-18/h7-9,11-12,17,19-20,22H,10,13-16H2,1-6H3,(H,26,29)/t17-,19+,20+,22-/m1/s1. The lowest BCUT2D eigenvalue weighted by atomic mass is 9.94. The number of ketones is 1. The maximum Gasteiger partial charge on any atom is 0.410 e. The summed E-state index contributed by atoms with van der Waals surface area (Å²) in [5.74, 6) is -1.09. The van der Waals surface area contributed by atoms with Gasteiger partial charge in [0, 0.05) is 20.8 Å². The summed E-state index contributed by atoms with van der Waals surface area (Å²) in [6.45, 7) is 7.69. The third-order valence-electron chi connectivity index (χ3n) is 5.76. The lowest BCUT2D eigenvalue weighted by molar-refractivity contribution is -0.135. The van der Waals surface area contributed by atoms with Gasteiger partial charge in [-0.3, -0.25) is 9.59 Å². The molecule has 1 saturated heterocycles. The summed E-state index contributed by atoms with van der Waals surface area (Å²) in [6, 6.07) is 8.51. The molecule has 8 nitrogen and oxygen atoms in total. The van der Waals surface area contributed by atoms with Crippen LogP contribution < -0.4 is 5.32 Å². The lowest BCUT2D eigenvalue weighted by Gasteiger charge is -2.35. The van der Waals surface area contributed by atoms with E-state index >= 15 is 0 Å². The number of ether oxygens (including phenoxy) is 3. The van der Waals surface area contributed by atoms with Gasteiger partial charge in [-0.2, -0.15) is 0 Å². The molecule has 0 saturated carbocycles. The van der Waals surface area contributed by atoms with E-state index < -0.39 is 29.8 Å². The monoisotopic (exact) mass is 462 g/mol. The van der Waals surface area contributed by atoms with Gasteiger partial charge >= 0.3 is 6.09 Å². The molecule has 33 heavy (non-hydrogen) atoms. The van der Waals surface area contributed by atoms with E-state index in [0.717, 1.165) is 12.0 Å². The Bertz CT molecular complexity index is 792. The number of methoxy groups -OCH3 is 2. The first-order valence-electron chi connectivity index (χ1n) is 11.5. The maximum atomic E-state index is 13.2. The first kappa shape index (κ1) is 26.8. The van der Waals surface area contributed by atoms with Crippen molar-refractivity contribution in [2.45, 2.75) is 70.7 Å². The summed E-state index contributed by atoms with van der Waals surface area (Å²) in [6.07, 6.45) is 0.950. The maximum absolute atomic E-state index is 13.2. The molecule has 0 unspecified atom stereocenters. The van der Waals surface area contributed by atoms with Crippen molar-refractivity contribution in [3.8, 4) is 0 Å². The predicted octanol–water partition coefficient (Wildman–Crippen LogP) is 2.98. The van der Waals surface area contributed by atoms with E-state index in [9.17, 15) is 14.4 Å². The van der Waals surface area contributed by atoms with Gasteiger partial charge in [0.25, 0.3) is 0 Å². The number of nitrogens with zero attached hydrogens (tertiary/aromatic N) is 1. The molecule has 1 heterocycles. The fourth-order valence-electron chi connectivity index (χ4n) is 4.17. The number of likely N-dealkylation sites (tertiary alicyclic amines) is 1.